The first-order chi connectivity index (χ1) is 14.5. The van der Waals surface area contributed by atoms with Gasteiger partial charge in [0, 0.05) is 16.6 Å². The van der Waals surface area contributed by atoms with Gasteiger partial charge >= 0.3 is 5.97 Å². The normalized spacial score (nSPS) is 11.4. The maximum atomic E-state index is 12.4. The third-order valence-electron chi connectivity index (χ3n) is 4.47. The number of esters is 1. The minimum Gasteiger partial charge on any atom is -0.497 e. The van der Waals surface area contributed by atoms with Gasteiger partial charge < -0.3 is 20.1 Å². The highest BCUT2D eigenvalue weighted by molar-refractivity contribution is 6.04. The topological polar surface area (TPSA) is 93.7 Å². The molecule has 0 aliphatic heterocycles. The van der Waals surface area contributed by atoms with Crippen LogP contribution in [0.25, 0.3) is 10.8 Å². The van der Waals surface area contributed by atoms with E-state index in [0.717, 1.165) is 10.8 Å². The van der Waals surface area contributed by atoms with Gasteiger partial charge in [-0.3, -0.25) is 14.4 Å². The van der Waals surface area contributed by atoms with Crippen LogP contribution in [0.15, 0.2) is 66.7 Å². The summed E-state index contributed by atoms with van der Waals surface area (Å²) >= 11 is 0. The molecule has 0 fully saturated rings. The molecule has 0 saturated carbocycles. The van der Waals surface area contributed by atoms with E-state index in [9.17, 15) is 14.4 Å². The van der Waals surface area contributed by atoms with E-state index in [1.165, 1.54) is 14.0 Å². The number of anilines is 1. The van der Waals surface area contributed by atoms with Crippen molar-refractivity contribution in [1.29, 1.82) is 0 Å². The lowest BCUT2D eigenvalue weighted by molar-refractivity contribution is -0.152. The van der Waals surface area contributed by atoms with Crippen molar-refractivity contribution in [2.75, 3.05) is 19.0 Å². The lowest BCUT2D eigenvalue weighted by Crippen LogP contribution is -2.35. The number of amides is 2. The van der Waals surface area contributed by atoms with Crippen LogP contribution in [0.3, 0.4) is 0 Å². The van der Waals surface area contributed by atoms with E-state index in [0.29, 0.717) is 17.0 Å². The van der Waals surface area contributed by atoms with E-state index in [1.807, 2.05) is 36.4 Å². The van der Waals surface area contributed by atoms with Gasteiger partial charge in [0.25, 0.3) is 11.8 Å². The standard InChI is InChI=1S/C23H22N2O5/c1-15(22(27)25-20-9-5-7-16-6-3-4-8-19(16)20)30-21(26)14-24-23(28)17-10-12-18(29-2)13-11-17/h3-13,15H,14H2,1-2H3,(H,24,28)(H,25,27)/t15-/m1/s1. The fraction of sp³-hybridized carbons (Fsp3) is 0.174. The van der Waals surface area contributed by atoms with Crippen LogP contribution in [0.1, 0.15) is 17.3 Å². The monoisotopic (exact) mass is 406 g/mol. The highest BCUT2D eigenvalue weighted by Gasteiger charge is 2.19. The lowest BCUT2D eigenvalue weighted by Gasteiger charge is -2.15. The number of rotatable bonds is 7. The Morgan fingerprint density at radius 2 is 1.63 bits per heavy atom. The van der Waals surface area contributed by atoms with Crippen LogP contribution >= 0.6 is 0 Å². The predicted octanol–water partition coefficient (Wildman–Crippen LogP) is 3.15. The Balaban J connectivity index is 1.52. The summed E-state index contributed by atoms with van der Waals surface area (Å²) in [6.07, 6.45) is -1.02. The van der Waals surface area contributed by atoms with Gasteiger partial charge in [-0.1, -0.05) is 36.4 Å². The van der Waals surface area contributed by atoms with Crippen LogP contribution in [0, 0.1) is 0 Å². The molecule has 154 valence electrons. The number of nitrogens with one attached hydrogen (secondary N) is 2. The molecular formula is C23H22N2O5. The number of methoxy groups -OCH3 is 1. The third-order valence-corrected chi connectivity index (χ3v) is 4.47. The number of benzene rings is 3. The Hall–Kier alpha value is -3.87. The number of carbonyl (C=O) groups is 3. The van der Waals surface area contributed by atoms with Gasteiger partial charge in [-0.15, -0.1) is 0 Å². The smallest absolute Gasteiger partial charge is 0.326 e. The van der Waals surface area contributed by atoms with E-state index in [4.69, 9.17) is 9.47 Å². The molecule has 1 atom stereocenters. The van der Waals surface area contributed by atoms with Crippen molar-refractivity contribution in [3.05, 3.63) is 72.3 Å². The first-order valence-electron chi connectivity index (χ1n) is 9.38. The maximum Gasteiger partial charge on any atom is 0.326 e. The average molecular weight is 406 g/mol. The second-order valence-corrected chi connectivity index (χ2v) is 6.56. The van der Waals surface area contributed by atoms with Gasteiger partial charge in [0.15, 0.2) is 6.10 Å². The first-order valence-corrected chi connectivity index (χ1v) is 9.38. The molecule has 7 heteroatoms. The molecular weight excluding hydrogens is 384 g/mol. The zero-order valence-corrected chi connectivity index (χ0v) is 16.7. The Bertz CT molecular complexity index is 1060. The van der Waals surface area contributed by atoms with E-state index >= 15 is 0 Å². The fourth-order valence-electron chi connectivity index (χ4n) is 2.86. The Morgan fingerprint density at radius 3 is 2.37 bits per heavy atom. The van der Waals surface area contributed by atoms with Crippen molar-refractivity contribution in [1.82, 2.24) is 5.32 Å². The van der Waals surface area contributed by atoms with Crippen molar-refractivity contribution in [3.63, 3.8) is 0 Å². The van der Waals surface area contributed by atoms with Gasteiger partial charge in [0.1, 0.15) is 12.3 Å². The summed E-state index contributed by atoms with van der Waals surface area (Å²) in [6.45, 7) is 1.13. The van der Waals surface area contributed by atoms with Crippen LogP contribution in [0.2, 0.25) is 0 Å². The molecule has 30 heavy (non-hydrogen) atoms. The van der Waals surface area contributed by atoms with Gasteiger partial charge in [0.2, 0.25) is 0 Å². The summed E-state index contributed by atoms with van der Waals surface area (Å²) in [7, 11) is 1.53. The molecule has 0 heterocycles. The Kier molecular flexibility index (Phi) is 6.64. The highest BCUT2D eigenvalue weighted by Crippen LogP contribution is 2.23. The molecule has 0 unspecified atom stereocenters. The molecule has 0 aliphatic carbocycles. The molecule has 7 nitrogen and oxygen atoms in total. The van der Waals surface area contributed by atoms with Crippen molar-refractivity contribution in [2.24, 2.45) is 0 Å². The molecule has 2 N–H and O–H groups in total. The van der Waals surface area contributed by atoms with Crippen LogP contribution in [-0.4, -0.2) is 37.5 Å². The summed E-state index contributed by atoms with van der Waals surface area (Å²) in [5.41, 5.74) is 1.01. The van der Waals surface area contributed by atoms with Crippen molar-refractivity contribution >= 4 is 34.2 Å². The van der Waals surface area contributed by atoms with E-state index < -0.39 is 23.9 Å². The minimum atomic E-state index is -1.02. The van der Waals surface area contributed by atoms with Gasteiger partial charge in [0.05, 0.1) is 7.11 Å². The first kappa shape index (κ1) is 20.9. The van der Waals surface area contributed by atoms with Crippen LogP contribution in [0.5, 0.6) is 5.75 Å². The largest absolute Gasteiger partial charge is 0.497 e. The molecule has 0 radical (unpaired) electrons. The molecule has 2 amide bonds. The second kappa shape index (κ2) is 9.56. The fourth-order valence-corrected chi connectivity index (χ4v) is 2.86. The van der Waals surface area contributed by atoms with E-state index in [-0.39, 0.29) is 6.54 Å². The summed E-state index contributed by atoms with van der Waals surface area (Å²) in [6, 6.07) is 19.7. The summed E-state index contributed by atoms with van der Waals surface area (Å²) in [5, 5.41) is 7.12. The maximum absolute atomic E-state index is 12.4. The minimum absolute atomic E-state index is 0.350. The molecule has 0 aliphatic rings. The van der Waals surface area contributed by atoms with Crippen molar-refractivity contribution in [3.8, 4) is 5.75 Å². The molecule has 3 aromatic rings. The van der Waals surface area contributed by atoms with Crippen LogP contribution in [-0.2, 0) is 14.3 Å². The Morgan fingerprint density at radius 1 is 0.933 bits per heavy atom. The quantitative estimate of drug-likeness (QED) is 0.588. The van der Waals surface area contributed by atoms with E-state index in [2.05, 4.69) is 10.6 Å². The predicted molar refractivity (Wildman–Crippen MR) is 113 cm³/mol. The molecule has 0 bridgehead atoms. The zero-order valence-electron chi connectivity index (χ0n) is 16.7. The average Bonchev–Trinajstić information content (AvgIpc) is 2.77. The molecule has 0 spiro atoms. The molecule has 3 rings (SSSR count). The van der Waals surface area contributed by atoms with Crippen LogP contribution in [0.4, 0.5) is 5.69 Å². The lowest BCUT2D eigenvalue weighted by atomic mass is 10.1. The number of ether oxygens (including phenoxy) is 2. The van der Waals surface area contributed by atoms with Crippen molar-refractivity contribution in [2.45, 2.75) is 13.0 Å². The summed E-state index contributed by atoms with van der Waals surface area (Å²) in [5.74, 6) is -0.974. The number of carbonyl (C=O) groups excluding carboxylic acids is 3. The second-order valence-electron chi connectivity index (χ2n) is 6.56. The third kappa shape index (κ3) is 5.14. The highest BCUT2D eigenvalue weighted by atomic mass is 16.5. The summed E-state index contributed by atoms with van der Waals surface area (Å²) in [4.78, 5) is 36.5. The van der Waals surface area contributed by atoms with Gasteiger partial charge in [-0.05, 0) is 42.6 Å². The molecule has 0 saturated heterocycles. The van der Waals surface area contributed by atoms with Crippen LogP contribution < -0.4 is 15.4 Å². The summed E-state index contributed by atoms with van der Waals surface area (Å²) < 4.78 is 10.2. The number of fused-ring (bicyclic) bond motifs is 1. The Labute approximate surface area is 174 Å². The number of hydrogen-bond acceptors (Lipinski definition) is 5. The van der Waals surface area contributed by atoms with Gasteiger partial charge in [-0.2, -0.15) is 0 Å². The number of hydrogen-bond donors (Lipinski definition) is 2. The van der Waals surface area contributed by atoms with Gasteiger partial charge in [-0.25, -0.2) is 0 Å². The zero-order chi connectivity index (χ0) is 21.5. The van der Waals surface area contributed by atoms with Crippen molar-refractivity contribution < 1.29 is 23.9 Å². The molecule has 3 aromatic carbocycles. The SMILES string of the molecule is COc1ccc(C(=O)NCC(=O)O[C@H](C)C(=O)Nc2cccc3ccccc23)cc1. The molecule has 0 aromatic heterocycles. The van der Waals surface area contributed by atoms with E-state index in [1.54, 1.807) is 30.3 Å².